The summed E-state index contributed by atoms with van der Waals surface area (Å²) in [5.74, 6) is -1.38. The second-order valence-corrected chi connectivity index (χ2v) is 5.90. The number of alkyl carbamates (subject to hydrolysis) is 1. The van der Waals surface area contributed by atoms with Gasteiger partial charge in [0.25, 0.3) is 0 Å². The standard InChI is InChI=1S/C14H18ClNO5/c1-14(2,3)21-13(20)16-10(12(18)19)11(17)8-5-4-6-9(15)7-8/h4-7,10-11,17H,1-3H3,(H,16,20)(H,18,19)/t10-,11-/m1/s1. The molecule has 7 heteroatoms. The third-order valence-corrected chi connectivity index (χ3v) is 2.68. The smallest absolute Gasteiger partial charge is 0.408 e. The molecule has 0 aromatic heterocycles. The van der Waals surface area contributed by atoms with Crippen LogP contribution in [0.5, 0.6) is 0 Å². The summed E-state index contributed by atoms with van der Waals surface area (Å²) in [6.07, 6.45) is -2.37. The fourth-order valence-electron chi connectivity index (χ4n) is 1.59. The van der Waals surface area contributed by atoms with Gasteiger partial charge in [-0.15, -0.1) is 0 Å². The van der Waals surface area contributed by atoms with Gasteiger partial charge in [0, 0.05) is 5.02 Å². The molecular weight excluding hydrogens is 298 g/mol. The van der Waals surface area contributed by atoms with E-state index < -0.39 is 29.8 Å². The first-order chi connectivity index (χ1) is 9.60. The van der Waals surface area contributed by atoms with Crippen LogP contribution < -0.4 is 5.32 Å². The van der Waals surface area contributed by atoms with Crippen LogP contribution in [0.3, 0.4) is 0 Å². The summed E-state index contributed by atoms with van der Waals surface area (Å²) in [5.41, 5.74) is -0.486. The number of carbonyl (C=O) groups is 2. The van der Waals surface area contributed by atoms with Crippen molar-refractivity contribution in [1.82, 2.24) is 5.32 Å². The van der Waals surface area contributed by atoms with E-state index in [0.717, 1.165) is 0 Å². The van der Waals surface area contributed by atoms with E-state index in [0.29, 0.717) is 5.02 Å². The number of carbonyl (C=O) groups excluding carboxylic acids is 1. The Hall–Kier alpha value is -1.79. The summed E-state index contributed by atoms with van der Waals surface area (Å²) in [7, 11) is 0. The number of rotatable bonds is 4. The van der Waals surface area contributed by atoms with Crippen LogP contribution in [0.4, 0.5) is 4.79 Å². The number of aliphatic hydroxyl groups excluding tert-OH is 1. The van der Waals surface area contributed by atoms with Gasteiger partial charge in [-0.3, -0.25) is 0 Å². The van der Waals surface area contributed by atoms with Crippen molar-refractivity contribution in [2.75, 3.05) is 0 Å². The molecular formula is C14H18ClNO5. The van der Waals surface area contributed by atoms with Crippen LogP contribution in [0.25, 0.3) is 0 Å². The van der Waals surface area contributed by atoms with Gasteiger partial charge in [-0.2, -0.15) is 0 Å². The van der Waals surface area contributed by atoms with Crippen molar-refractivity contribution in [2.24, 2.45) is 0 Å². The fourth-order valence-corrected chi connectivity index (χ4v) is 1.79. The lowest BCUT2D eigenvalue weighted by molar-refractivity contribution is -0.142. The minimum Gasteiger partial charge on any atom is -0.480 e. The molecule has 0 spiro atoms. The topological polar surface area (TPSA) is 95.9 Å². The van der Waals surface area contributed by atoms with E-state index in [1.54, 1.807) is 32.9 Å². The van der Waals surface area contributed by atoms with Crippen LogP contribution in [0.1, 0.15) is 32.4 Å². The lowest BCUT2D eigenvalue weighted by atomic mass is 10.0. The predicted molar refractivity (Wildman–Crippen MR) is 77.2 cm³/mol. The summed E-state index contributed by atoms with van der Waals surface area (Å²) in [5, 5.41) is 21.8. The third-order valence-electron chi connectivity index (χ3n) is 2.44. The summed E-state index contributed by atoms with van der Waals surface area (Å²) in [6.45, 7) is 4.95. The van der Waals surface area contributed by atoms with Crippen LogP contribution >= 0.6 is 11.6 Å². The Morgan fingerprint density at radius 1 is 1.33 bits per heavy atom. The Morgan fingerprint density at radius 2 is 1.95 bits per heavy atom. The Morgan fingerprint density at radius 3 is 2.43 bits per heavy atom. The molecule has 0 unspecified atom stereocenters. The lowest BCUT2D eigenvalue weighted by Crippen LogP contribution is -2.46. The zero-order valence-electron chi connectivity index (χ0n) is 12.0. The van der Waals surface area contributed by atoms with Gasteiger partial charge in [0.05, 0.1) is 0 Å². The summed E-state index contributed by atoms with van der Waals surface area (Å²) < 4.78 is 4.98. The van der Waals surface area contributed by atoms with Crippen LogP contribution in [-0.2, 0) is 9.53 Å². The highest BCUT2D eigenvalue weighted by molar-refractivity contribution is 6.30. The first kappa shape index (κ1) is 17.3. The van der Waals surface area contributed by atoms with Crippen molar-refractivity contribution in [2.45, 2.75) is 38.5 Å². The van der Waals surface area contributed by atoms with Gasteiger partial charge >= 0.3 is 12.1 Å². The van der Waals surface area contributed by atoms with E-state index in [-0.39, 0.29) is 5.56 Å². The first-order valence-corrected chi connectivity index (χ1v) is 6.64. The molecule has 0 aliphatic carbocycles. The number of hydrogen-bond donors (Lipinski definition) is 3. The average molecular weight is 316 g/mol. The molecule has 1 aromatic rings. The quantitative estimate of drug-likeness (QED) is 0.792. The van der Waals surface area contributed by atoms with Crippen molar-refractivity contribution < 1.29 is 24.5 Å². The van der Waals surface area contributed by atoms with Crippen LogP contribution in [-0.4, -0.2) is 33.9 Å². The molecule has 2 atom stereocenters. The summed E-state index contributed by atoms with van der Waals surface area (Å²) in [4.78, 5) is 22.9. The minimum atomic E-state index is -1.54. The van der Waals surface area contributed by atoms with E-state index in [9.17, 15) is 14.7 Å². The number of carboxylic acid groups (broad SMARTS) is 1. The predicted octanol–water partition coefficient (Wildman–Crippen LogP) is 2.35. The Labute approximate surface area is 127 Å². The molecule has 116 valence electrons. The molecule has 0 saturated heterocycles. The van der Waals surface area contributed by atoms with Crippen LogP contribution in [0.15, 0.2) is 24.3 Å². The van der Waals surface area contributed by atoms with Crippen molar-refractivity contribution in [1.29, 1.82) is 0 Å². The number of halogens is 1. The summed E-state index contributed by atoms with van der Waals surface area (Å²) >= 11 is 5.80. The van der Waals surface area contributed by atoms with Gasteiger partial charge in [0.2, 0.25) is 0 Å². The second-order valence-electron chi connectivity index (χ2n) is 5.46. The Bertz CT molecular complexity index is 526. The zero-order chi connectivity index (χ0) is 16.2. The van der Waals surface area contributed by atoms with Crippen molar-refractivity contribution in [3.8, 4) is 0 Å². The molecule has 0 heterocycles. The number of carboxylic acids is 1. The molecule has 0 aliphatic rings. The number of hydrogen-bond acceptors (Lipinski definition) is 4. The van der Waals surface area contributed by atoms with Gasteiger partial charge in [-0.05, 0) is 38.5 Å². The van der Waals surface area contributed by atoms with Crippen LogP contribution in [0, 0.1) is 0 Å². The summed E-state index contributed by atoms with van der Waals surface area (Å²) in [6, 6.07) is 4.57. The number of aliphatic hydroxyl groups is 1. The molecule has 0 saturated carbocycles. The van der Waals surface area contributed by atoms with Gasteiger partial charge < -0.3 is 20.3 Å². The molecule has 1 rings (SSSR count). The number of amides is 1. The average Bonchev–Trinajstić information content (AvgIpc) is 2.32. The highest BCUT2D eigenvalue weighted by Crippen LogP contribution is 2.21. The highest BCUT2D eigenvalue weighted by Gasteiger charge is 2.31. The molecule has 0 fully saturated rings. The first-order valence-electron chi connectivity index (χ1n) is 6.26. The van der Waals surface area contributed by atoms with Crippen molar-refractivity contribution in [3.63, 3.8) is 0 Å². The maximum atomic E-state index is 11.6. The second kappa shape index (κ2) is 6.78. The number of aliphatic carboxylic acids is 1. The zero-order valence-corrected chi connectivity index (χ0v) is 12.7. The van der Waals surface area contributed by atoms with E-state index in [1.165, 1.54) is 12.1 Å². The molecule has 0 radical (unpaired) electrons. The third kappa shape index (κ3) is 5.61. The molecule has 3 N–H and O–H groups in total. The maximum absolute atomic E-state index is 11.6. The monoisotopic (exact) mass is 315 g/mol. The van der Waals surface area contributed by atoms with Gasteiger partial charge in [-0.1, -0.05) is 23.7 Å². The molecule has 0 aliphatic heterocycles. The molecule has 21 heavy (non-hydrogen) atoms. The van der Waals surface area contributed by atoms with Gasteiger partial charge in [-0.25, -0.2) is 9.59 Å². The van der Waals surface area contributed by atoms with Crippen molar-refractivity contribution >= 4 is 23.7 Å². The van der Waals surface area contributed by atoms with Gasteiger partial charge in [0.1, 0.15) is 11.7 Å². The van der Waals surface area contributed by atoms with Crippen LogP contribution in [0.2, 0.25) is 5.02 Å². The fraction of sp³-hybridized carbons (Fsp3) is 0.429. The lowest BCUT2D eigenvalue weighted by Gasteiger charge is -2.24. The molecule has 1 aromatic carbocycles. The van der Waals surface area contributed by atoms with E-state index >= 15 is 0 Å². The van der Waals surface area contributed by atoms with Gasteiger partial charge in [0.15, 0.2) is 6.04 Å². The number of benzene rings is 1. The molecule has 1 amide bonds. The Balaban J connectivity index is 2.87. The molecule has 0 bridgehead atoms. The number of nitrogens with one attached hydrogen (secondary N) is 1. The van der Waals surface area contributed by atoms with E-state index in [1.807, 2.05) is 0 Å². The van der Waals surface area contributed by atoms with E-state index in [2.05, 4.69) is 5.32 Å². The minimum absolute atomic E-state index is 0.283. The van der Waals surface area contributed by atoms with E-state index in [4.69, 9.17) is 21.4 Å². The largest absolute Gasteiger partial charge is 0.480 e. The molecule has 6 nitrogen and oxygen atoms in total. The number of ether oxygens (including phenoxy) is 1. The SMILES string of the molecule is CC(C)(C)OC(=O)N[C@@H](C(=O)O)[C@H](O)c1cccc(Cl)c1. The maximum Gasteiger partial charge on any atom is 0.408 e. The Kier molecular flexibility index (Phi) is 5.57. The highest BCUT2D eigenvalue weighted by atomic mass is 35.5. The van der Waals surface area contributed by atoms with Crippen molar-refractivity contribution in [3.05, 3.63) is 34.9 Å². The normalized spacial score (nSPS) is 14.1.